The van der Waals surface area contributed by atoms with Crippen LogP contribution in [-0.2, 0) is 16.1 Å². The van der Waals surface area contributed by atoms with Crippen molar-refractivity contribution in [3.05, 3.63) is 29.8 Å². The molecule has 0 spiro atoms. The molecule has 24 heavy (non-hydrogen) atoms. The molecule has 0 radical (unpaired) electrons. The Kier molecular flexibility index (Phi) is 7.02. The van der Waals surface area contributed by atoms with Crippen LogP contribution in [0.3, 0.4) is 0 Å². The van der Waals surface area contributed by atoms with Gasteiger partial charge in [0.2, 0.25) is 5.91 Å². The first-order valence-corrected chi connectivity index (χ1v) is 8.35. The van der Waals surface area contributed by atoms with Gasteiger partial charge < -0.3 is 21.1 Å². The van der Waals surface area contributed by atoms with Crippen LogP contribution in [-0.4, -0.2) is 49.2 Å². The number of nitrogens with one attached hydrogen (secondary N) is 2. The highest BCUT2D eigenvalue weighted by atomic mass is 16.5. The number of primary amides is 1. The molecule has 3 amide bonds. The summed E-state index contributed by atoms with van der Waals surface area (Å²) in [5.74, 6) is -0.00913. The van der Waals surface area contributed by atoms with Crippen molar-refractivity contribution in [2.24, 2.45) is 5.73 Å². The minimum Gasteiger partial charge on any atom is -0.378 e. The topological polar surface area (TPSA) is 96.7 Å². The van der Waals surface area contributed by atoms with Crippen molar-refractivity contribution in [1.29, 1.82) is 0 Å². The van der Waals surface area contributed by atoms with E-state index in [0.717, 1.165) is 31.5 Å². The fraction of sp³-hybridized carbons (Fsp3) is 0.529. The second-order valence-electron chi connectivity index (χ2n) is 5.88. The van der Waals surface area contributed by atoms with Gasteiger partial charge in [0.15, 0.2) is 0 Å². The van der Waals surface area contributed by atoms with E-state index >= 15 is 0 Å². The lowest BCUT2D eigenvalue weighted by atomic mass is 10.1. The van der Waals surface area contributed by atoms with Gasteiger partial charge in [-0.1, -0.05) is 25.5 Å². The predicted molar refractivity (Wildman–Crippen MR) is 92.6 cm³/mol. The van der Waals surface area contributed by atoms with Crippen molar-refractivity contribution in [2.45, 2.75) is 32.4 Å². The Bertz CT molecular complexity index is 547. The number of rotatable bonds is 7. The maximum absolute atomic E-state index is 12.5. The number of nitrogens with zero attached hydrogens (tertiary/aromatic N) is 1. The van der Waals surface area contributed by atoms with Gasteiger partial charge in [-0.2, -0.15) is 0 Å². The number of urea groups is 1. The molecule has 132 valence electrons. The van der Waals surface area contributed by atoms with E-state index in [1.807, 2.05) is 12.1 Å². The molecule has 1 aromatic carbocycles. The highest BCUT2D eigenvalue weighted by Crippen LogP contribution is 2.11. The number of ether oxygens (including phenoxy) is 1. The van der Waals surface area contributed by atoms with Crippen LogP contribution in [0.5, 0.6) is 0 Å². The number of benzene rings is 1. The number of carbonyl (C=O) groups excluding carboxylic acids is 2. The van der Waals surface area contributed by atoms with Crippen molar-refractivity contribution < 1.29 is 14.3 Å². The number of nitrogens with two attached hydrogens (primary N) is 1. The van der Waals surface area contributed by atoms with E-state index in [4.69, 9.17) is 10.5 Å². The lowest BCUT2D eigenvalue weighted by molar-refractivity contribution is -0.132. The number of carbonyl (C=O) groups is 2. The standard InChI is InChI=1S/C17H26N4O3/c1-2-3-8-21-9-10-24-12-15(21)16(22)19-11-13-4-6-14(7-5-13)20-17(18)23/h4-7,15H,2-3,8-12H2,1H3,(H,19,22)(H3,18,20,23). The maximum atomic E-state index is 12.5. The number of anilines is 1. The molecule has 1 aliphatic heterocycles. The summed E-state index contributed by atoms with van der Waals surface area (Å²) < 4.78 is 5.46. The van der Waals surface area contributed by atoms with Crippen LogP contribution < -0.4 is 16.4 Å². The second-order valence-corrected chi connectivity index (χ2v) is 5.88. The second kappa shape index (κ2) is 9.24. The van der Waals surface area contributed by atoms with Gasteiger partial charge in [0.05, 0.1) is 13.2 Å². The number of morpholine rings is 1. The minimum absolute atomic E-state index is 0.00913. The van der Waals surface area contributed by atoms with Gasteiger partial charge >= 0.3 is 6.03 Å². The van der Waals surface area contributed by atoms with Gasteiger partial charge in [0.25, 0.3) is 0 Å². The summed E-state index contributed by atoms with van der Waals surface area (Å²) in [6, 6.07) is 6.38. The average Bonchev–Trinajstić information content (AvgIpc) is 2.59. The van der Waals surface area contributed by atoms with Crippen molar-refractivity contribution in [2.75, 3.05) is 31.6 Å². The molecular formula is C17H26N4O3. The molecule has 1 unspecified atom stereocenters. The fourth-order valence-corrected chi connectivity index (χ4v) is 2.66. The Morgan fingerprint density at radius 3 is 2.75 bits per heavy atom. The van der Waals surface area contributed by atoms with E-state index in [2.05, 4.69) is 22.5 Å². The first-order chi connectivity index (χ1) is 11.6. The zero-order valence-corrected chi connectivity index (χ0v) is 14.1. The highest BCUT2D eigenvalue weighted by Gasteiger charge is 2.28. The lowest BCUT2D eigenvalue weighted by Gasteiger charge is -2.34. The van der Waals surface area contributed by atoms with Crippen LogP contribution in [0.2, 0.25) is 0 Å². The molecule has 0 aliphatic carbocycles. The number of unbranched alkanes of at least 4 members (excludes halogenated alkanes) is 1. The smallest absolute Gasteiger partial charge is 0.316 e. The fourth-order valence-electron chi connectivity index (χ4n) is 2.66. The Morgan fingerprint density at radius 2 is 2.08 bits per heavy atom. The largest absolute Gasteiger partial charge is 0.378 e. The van der Waals surface area contributed by atoms with Crippen LogP contribution in [0.25, 0.3) is 0 Å². The summed E-state index contributed by atoms with van der Waals surface area (Å²) >= 11 is 0. The summed E-state index contributed by atoms with van der Waals surface area (Å²) in [5.41, 5.74) is 6.65. The first-order valence-electron chi connectivity index (χ1n) is 8.35. The van der Waals surface area contributed by atoms with E-state index in [1.54, 1.807) is 12.1 Å². The summed E-state index contributed by atoms with van der Waals surface area (Å²) in [4.78, 5) is 25.4. The van der Waals surface area contributed by atoms with E-state index in [1.165, 1.54) is 0 Å². The lowest BCUT2D eigenvalue weighted by Crippen LogP contribution is -2.53. The van der Waals surface area contributed by atoms with E-state index < -0.39 is 6.03 Å². The summed E-state index contributed by atoms with van der Waals surface area (Å²) in [5, 5.41) is 5.46. The summed E-state index contributed by atoms with van der Waals surface area (Å²) in [7, 11) is 0. The summed E-state index contributed by atoms with van der Waals surface area (Å²) in [6.45, 7) is 5.43. The molecule has 1 aliphatic rings. The number of hydrogen-bond donors (Lipinski definition) is 3. The molecule has 1 saturated heterocycles. The van der Waals surface area contributed by atoms with Gasteiger partial charge in [-0.05, 0) is 30.7 Å². The number of amides is 3. The quantitative estimate of drug-likeness (QED) is 0.700. The van der Waals surface area contributed by atoms with Crippen molar-refractivity contribution in [3.63, 3.8) is 0 Å². The van der Waals surface area contributed by atoms with E-state index in [0.29, 0.717) is 25.4 Å². The molecule has 1 heterocycles. The Morgan fingerprint density at radius 1 is 1.33 bits per heavy atom. The molecule has 2 rings (SSSR count). The third-order valence-electron chi connectivity index (χ3n) is 4.03. The van der Waals surface area contributed by atoms with Crippen molar-refractivity contribution in [3.8, 4) is 0 Å². The normalized spacial score (nSPS) is 18.1. The molecule has 7 heteroatoms. The molecule has 0 aromatic heterocycles. The maximum Gasteiger partial charge on any atom is 0.316 e. The molecule has 0 saturated carbocycles. The van der Waals surface area contributed by atoms with Crippen LogP contribution in [0.4, 0.5) is 10.5 Å². The zero-order valence-electron chi connectivity index (χ0n) is 14.1. The van der Waals surface area contributed by atoms with Crippen LogP contribution in [0, 0.1) is 0 Å². The van der Waals surface area contributed by atoms with Gasteiger partial charge in [-0.15, -0.1) is 0 Å². The van der Waals surface area contributed by atoms with Crippen LogP contribution in [0.1, 0.15) is 25.3 Å². The zero-order chi connectivity index (χ0) is 17.4. The SMILES string of the molecule is CCCCN1CCOCC1C(=O)NCc1ccc(NC(N)=O)cc1. The van der Waals surface area contributed by atoms with Gasteiger partial charge in [0.1, 0.15) is 6.04 Å². The van der Waals surface area contributed by atoms with Crippen molar-refractivity contribution in [1.82, 2.24) is 10.2 Å². The van der Waals surface area contributed by atoms with Crippen LogP contribution in [0.15, 0.2) is 24.3 Å². The Balaban J connectivity index is 1.85. The van der Waals surface area contributed by atoms with Gasteiger partial charge in [0, 0.05) is 18.8 Å². The molecular weight excluding hydrogens is 308 g/mol. The monoisotopic (exact) mass is 334 g/mol. The highest BCUT2D eigenvalue weighted by molar-refractivity contribution is 5.87. The van der Waals surface area contributed by atoms with Crippen LogP contribution >= 0.6 is 0 Å². The molecule has 1 fully saturated rings. The molecule has 1 atom stereocenters. The molecule has 7 nitrogen and oxygen atoms in total. The van der Waals surface area contributed by atoms with E-state index in [9.17, 15) is 9.59 Å². The van der Waals surface area contributed by atoms with Crippen molar-refractivity contribution >= 4 is 17.6 Å². The molecule has 4 N–H and O–H groups in total. The average molecular weight is 334 g/mol. The number of hydrogen-bond acceptors (Lipinski definition) is 4. The predicted octanol–water partition coefficient (Wildman–Crippen LogP) is 1.29. The molecule has 1 aromatic rings. The third kappa shape index (κ3) is 5.50. The third-order valence-corrected chi connectivity index (χ3v) is 4.03. The first kappa shape index (κ1) is 18.2. The Hall–Kier alpha value is -2.12. The van der Waals surface area contributed by atoms with Gasteiger partial charge in [-0.3, -0.25) is 9.69 Å². The van der Waals surface area contributed by atoms with Gasteiger partial charge in [-0.25, -0.2) is 4.79 Å². The van der Waals surface area contributed by atoms with E-state index in [-0.39, 0.29) is 11.9 Å². The summed E-state index contributed by atoms with van der Waals surface area (Å²) in [6.07, 6.45) is 2.19. The minimum atomic E-state index is -0.597. The molecule has 0 bridgehead atoms. The Labute approximate surface area is 142 Å².